The van der Waals surface area contributed by atoms with Crippen LogP contribution in [0.5, 0.6) is 11.5 Å². The Bertz CT molecular complexity index is 1650. The summed E-state index contributed by atoms with van der Waals surface area (Å²) in [5, 5.41) is 16.3. The van der Waals surface area contributed by atoms with E-state index in [0.717, 1.165) is 18.2 Å². The molecular weight excluding hydrogens is 559 g/mol. The zero-order valence-corrected chi connectivity index (χ0v) is 22.6. The summed E-state index contributed by atoms with van der Waals surface area (Å²) in [6.45, 7) is 4.42. The van der Waals surface area contributed by atoms with Crippen LogP contribution in [0, 0.1) is 17.7 Å². The number of anilines is 4. The molecule has 12 heteroatoms. The topological polar surface area (TPSA) is 86.7 Å². The summed E-state index contributed by atoms with van der Waals surface area (Å²) in [6, 6.07) is 14.1. The first-order chi connectivity index (χ1) is 19.7. The molecule has 3 N–H and O–H groups in total. The van der Waals surface area contributed by atoms with Gasteiger partial charge in [0.15, 0.2) is 0 Å². The number of benzene rings is 3. The first kappa shape index (κ1) is 28.7. The average molecular weight is 585 g/mol. The predicted molar refractivity (Wildman–Crippen MR) is 148 cm³/mol. The van der Waals surface area contributed by atoms with E-state index in [2.05, 4.69) is 20.4 Å². The van der Waals surface area contributed by atoms with Crippen molar-refractivity contribution in [3.63, 3.8) is 0 Å². The molecule has 5 rings (SSSR count). The second kappa shape index (κ2) is 10.5. The lowest BCUT2D eigenvalue weighted by molar-refractivity contribution is -0.158. The van der Waals surface area contributed by atoms with Crippen molar-refractivity contribution in [1.82, 2.24) is 4.98 Å². The Balaban J connectivity index is 1.48. The molecule has 1 aromatic heterocycles. The summed E-state index contributed by atoms with van der Waals surface area (Å²) in [6.07, 6.45) is -3.36. The van der Waals surface area contributed by atoms with Crippen molar-refractivity contribution in [3.05, 3.63) is 90.0 Å². The van der Waals surface area contributed by atoms with Gasteiger partial charge in [-0.05, 0) is 47.5 Å². The van der Waals surface area contributed by atoms with Crippen LogP contribution < -0.4 is 20.3 Å². The molecule has 0 fully saturated rings. The number of hydrogen-bond donors (Lipinski definition) is 3. The van der Waals surface area contributed by atoms with Gasteiger partial charge in [0, 0.05) is 48.3 Å². The van der Waals surface area contributed by atoms with Crippen molar-refractivity contribution in [1.29, 1.82) is 0 Å². The third-order valence-corrected chi connectivity index (χ3v) is 6.64. The molecule has 218 valence electrons. The number of nitrogens with zero attached hydrogens (tertiary/aromatic N) is 2. The second-order valence-corrected chi connectivity index (χ2v) is 10.5. The van der Waals surface area contributed by atoms with Gasteiger partial charge < -0.3 is 25.4 Å². The van der Waals surface area contributed by atoms with Gasteiger partial charge >= 0.3 is 12.1 Å². The number of para-hydroxylation sites is 2. The molecule has 0 aliphatic carbocycles. The van der Waals surface area contributed by atoms with E-state index in [1.165, 1.54) is 24.3 Å². The Hall–Kier alpha value is -4.87. The van der Waals surface area contributed by atoms with E-state index in [0.29, 0.717) is 29.5 Å². The van der Waals surface area contributed by atoms with Gasteiger partial charge in [-0.1, -0.05) is 26.0 Å². The number of rotatable bonds is 6. The second-order valence-electron chi connectivity index (χ2n) is 10.5. The third-order valence-electron chi connectivity index (χ3n) is 6.64. The van der Waals surface area contributed by atoms with Crippen LogP contribution in [0.3, 0.4) is 0 Å². The molecule has 2 amide bonds. The van der Waals surface area contributed by atoms with Crippen LogP contribution >= 0.6 is 0 Å². The SMILES string of the molecule is CC(F)(F)Oc1ccc(NC(=O)Nc2ccccc2N2CC(C)(C)c3c(-c4cc(F)nc(F)c4)c(F)cc(O)c32)cc1. The van der Waals surface area contributed by atoms with Crippen LogP contribution in [0.15, 0.2) is 66.7 Å². The van der Waals surface area contributed by atoms with E-state index in [4.69, 9.17) is 0 Å². The maximum atomic E-state index is 15.3. The van der Waals surface area contributed by atoms with E-state index in [-0.39, 0.29) is 29.1 Å². The zero-order valence-electron chi connectivity index (χ0n) is 22.6. The highest BCUT2D eigenvalue weighted by Gasteiger charge is 2.42. The van der Waals surface area contributed by atoms with Gasteiger partial charge in [-0.25, -0.2) is 9.18 Å². The maximum absolute atomic E-state index is 15.3. The molecule has 1 aliphatic rings. The summed E-state index contributed by atoms with van der Waals surface area (Å²) >= 11 is 0. The Labute approximate surface area is 237 Å². The van der Waals surface area contributed by atoms with Gasteiger partial charge in [0.1, 0.15) is 17.3 Å². The third kappa shape index (κ3) is 5.78. The number of nitrogens with one attached hydrogen (secondary N) is 2. The number of urea groups is 1. The first-order valence-electron chi connectivity index (χ1n) is 12.7. The van der Waals surface area contributed by atoms with Crippen LogP contribution in [-0.2, 0) is 5.41 Å². The fourth-order valence-corrected chi connectivity index (χ4v) is 5.12. The molecule has 1 aliphatic heterocycles. The Kier molecular flexibility index (Phi) is 7.17. The molecule has 42 heavy (non-hydrogen) atoms. The van der Waals surface area contributed by atoms with Gasteiger partial charge in [0.2, 0.25) is 11.9 Å². The largest absolute Gasteiger partial charge is 0.506 e. The number of ether oxygens (including phenoxy) is 1. The molecule has 0 spiro atoms. The van der Waals surface area contributed by atoms with E-state index >= 15 is 4.39 Å². The lowest BCUT2D eigenvalue weighted by Crippen LogP contribution is -2.27. The number of alkyl halides is 2. The summed E-state index contributed by atoms with van der Waals surface area (Å²) in [5.41, 5.74) is 0.647. The number of carbonyl (C=O) groups is 1. The van der Waals surface area contributed by atoms with Crippen LogP contribution in [0.2, 0.25) is 0 Å². The molecule has 7 nitrogen and oxygen atoms in total. The fourth-order valence-electron chi connectivity index (χ4n) is 5.12. The standard InChI is InChI=1S/C30H25F5N4O3/c1-29(2)15-39(27-22(40)14-19(31)25(26(27)29)16-12-23(32)38-24(33)13-16)21-7-5-4-6-20(21)37-28(41)36-17-8-10-18(11-9-17)42-30(3,34)35/h4-14,40H,15H2,1-3H3,(H2,36,37,41). The number of amides is 2. The molecule has 0 saturated heterocycles. The number of phenols is 1. The van der Waals surface area contributed by atoms with Gasteiger partial charge in [-0.15, -0.1) is 0 Å². The van der Waals surface area contributed by atoms with Crippen molar-refractivity contribution in [3.8, 4) is 22.6 Å². The van der Waals surface area contributed by atoms with Gasteiger partial charge in [-0.3, -0.25) is 0 Å². The number of hydrogen-bond acceptors (Lipinski definition) is 5. The molecule has 0 radical (unpaired) electrons. The molecule has 0 atom stereocenters. The van der Waals surface area contributed by atoms with E-state index in [9.17, 15) is 27.5 Å². The van der Waals surface area contributed by atoms with Crippen LogP contribution in [0.1, 0.15) is 26.3 Å². The molecule has 4 aromatic rings. The van der Waals surface area contributed by atoms with E-state index in [1.807, 2.05) is 0 Å². The summed E-state index contributed by atoms with van der Waals surface area (Å²) < 4.78 is 74.0. The highest BCUT2D eigenvalue weighted by atomic mass is 19.3. The lowest BCUT2D eigenvalue weighted by Gasteiger charge is -2.25. The van der Waals surface area contributed by atoms with Crippen LogP contribution in [-0.4, -0.2) is 28.8 Å². The monoisotopic (exact) mass is 584 g/mol. The highest BCUT2D eigenvalue weighted by Crippen LogP contribution is 2.54. The van der Waals surface area contributed by atoms with Crippen molar-refractivity contribution in [2.45, 2.75) is 32.3 Å². The number of pyridine rings is 1. The summed E-state index contributed by atoms with van der Waals surface area (Å²) in [4.78, 5) is 17.7. The molecular formula is C30H25F5N4O3. The van der Waals surface area contributed by atoms with Crippen molar-refractivity contribution in [2.75, 3.05) is 22.1 Å². The number of aromatic nitrogens is 1. The number of phenolic OH excluding ortho intramolecular Hbond substituents is 1. The number of aromatic hydroxyl groups is 1. The fraction of sp³-hybridized carbons (Fsp3) is 0.200. The highest BCUT2D eigenvalue weighted by molar-refractivity contribution is 6.03. The Morgan fingerprint density at radius 1 is 1.00 bits per heavy atom. The van der Waals surface area contributed by atoms with Crippen molar-refractivity contribution < 1.29 is 36.6 Å². The summed E-state index contributed by atoms with van der Waals surface area (Å²) in [7, 11) is 0. The maximum Gasteiger partial charge on any atom is 0.394 e. The normalized spacial score (nSPS) is 14.0. The zero-order chi connectivity index (χ0) is 30.4. The molecule has 0 saturated carbocycles. The Morgan fingerprint density at radius 3 is 2.29 bits per heavy atom. The molecule has 0 unspecified atom stereocenters. The number of carbonyl (C=O) groups excluding carboxylic acids is 1. The van der Waals surface area contributed by atoms with Gasteiger partial charge in [0.05, 0.1) is 17.1 Å². The summed E-state index contributed by atoms with van der Waals surface area (Å²) in [5.74, 6) is -3.58. The van der Waals surface area contributed by atoms with Crippen molar-refractivity contribution in [2.24, 2.45) is 0 Å². The Morgan fingerprint density at radius 2 is 1.64 bits per heavy atom. The quantitative estimate of drug-likeness (QED) is 0.158. The average Bonchev–Trinajstić information content (AvgIpc) is 3.15. The van der Waals surface area contributed by atoms with Crippen LogP contribution in [0.4, 0.5) is 49.5 Å². The minimum absolute atomic E-state index is 0.0754. The van der Waals surface area contributed by atoms with Crippen molar-refractivity contribution >= 4 is 28.8 Å². The molecule has 3 aromatic carbocycles. The van der Waals surface area contributed by atoms with Crippen LogP contribution in [0.25, 0.3) is 11.1 Å². The molecule has 0 bridgehead atoms. The molecule has 2 heterocycles. The minimum atomic E-state index is -3.36. The van der Waals surface area contributed by atoms with Gasteiger partial charge in [0.25, 0.3) is 0 Å². The smallest absolute Gasteiger partial charge is 0.394 e. The number of fused-ring (bicyclic) bond motifs is 1. The lowest BCUT2D eigenvalue weighted by atomic mass is 9.81. The van der Waals surface area contributed by atoms with Gasteiger partial charge in [-0.2, -0.15) is 22.5 Å². The predicted octanol–water partition coefficient (Wildman–Crippen LogP) is 7.94. The minimum Gasteiger partial charge on any atom is -0.506 e. The van der Waals surface area contributed by atoms with E-state index in [1.54, 1.807) is 43.0 Å². The van der Waals surface area contributed by atoms with E-state index < -0.39 is 41.0 Å². The number of halogens is 5. The first-order valence-corrected chi connectivity index (χ1v) is 12.7.